The summed E-state index contributed by atoms with van der Waals surface area (Å²) < 4.78 is 24.2. The van der Waals surface area contributed by atoms with Gasteiger partial charge in [-0.15, -0.1) is 11.3 Å². The van der Waals surface area contributed by atoms with E-state index in [0.29, 0.717) is 5.69 Å². The highest BCUT2D eigenvalue weighted by Gasteiger charge is 2.22. The monoisotopic (exact) mass is 521 g/mol. The summed E-state index contributed by atoms with van der Waals surface area (Å²) in [7, 11) is 0. The topological polar surface area (TPSA) is 73.0 Å². The van der Waals surface area contributed by atoms with Crippen LogP contribution in [0.25, 0.3) is 16.9 Å². The zero-order chi connectivity index (χ0) is 25.2. The Labute approximate surface area is 220 Å². The first kappa shape index (κ1) is 24.3. The van der Waals surface area contributed by atoms with Gasteiger partial charge < -0.3 is 14.6 Å². The molecule has 0 spiro atoms. The van der Waals surface area contributed by atoms with Gasteiger partial charge in [0.15, 0.2) is 5.13 Å². The number of hydrogen-bond donors (Lipinski definition) is 1. The van der Waals surface area contributed by atoms with Crippen molar-refractivity contribution in [1.29, 1.82) is 0 Å². The van der Waals surface area contributed by atoms with Crippen LogP contribution >= 0.6 is 11.3 Å². The van der Waals surface area contributed by atoms with E-state index in [9.17, 15) is 4.39 Å². The number of fused-ring (bicyclic) bond motifs is 1. The van der Waals surface area contributed by atoms with Gasteiger partial charge in [0.05, 0.1) is 42.3 Å². The van der Waals surface area contributed by atoms with E-state index >= 15 is 0 Å². The molecule has 0 saturated carbocycles. The van der Waals surface area contributed by atoms with Crippen molar-refractivity contribution in [2.75, 3.05) is 38.2 Å². The van der Waals surface area contributed by atoms with Gasteiger partial charge in [-0.25, -0.2) is 19.0 Å². The second kappa shape index (κ2) is 10.7. The van der Waals surface area contributed by atoms with E-state index in [0.717, 1.165) is 86.6 Å². The van der Waals surface area contributed by atoms with Crippen LogP contribution in [0.5, 0.6) is 0 Å². The number of thiazole rings is 1. The lowest BCUT2D eigenvalue weighted by molar-refractivity contribution is 0.0368. The van der Waals surface area contributed by atoms with Gasteiger partial charge in [-0.1, -0.05) is 6.07 Å². The molecule has 4 aromatic rings. The van der Waals surface area contributed by atoms with Crippen LogP contribution in [0.15, 0.2) is 36.1 Å². The number of halogens is 1. The van der Waals surface area contributed by atoms with Crippen molar-refractivity contribution in [2.24, 2.45) is 0 Å². The maximum Gasteiger partial charge on any atom is 0.188 e. The SMILES string of the molecule is Cc1cn(-c2ccc(-c3csc(Nc4c5c(nn4CCCN4CCOCC4)CCCC5)n3)cc2F)cn1. The Balaban J connectivity index is 1.19. The highest BCUT2D eigenvalue weighted by Crippen LogP contribution is 2.33. The summed E-state index contributed by atoms with van der Waals surface area (Å²) in [6.07, 6.45) is 8.94. The maximum absolute atomic E-state index is 14.9. The largest absolute Gasteiger partial charge is 0.379 e. The normalized spacial score (nSPS) is 16.2. The zero-order valence-corrected chi connectivity index (χ0v) is 21.9. The van der Waals surface area contributed by atoms with Gasteiger partial charge in [0.2, 0.25) is 0 Å². The van der Waals surface area contributed by atoms with Gasteiger partial charge in [-0.3, -0.25) is 4.90 Å². The number of rotatable bonds is 8. The van der Waals surface area contributed by atoms with Crippen LogP contribution in [0.1, 0.15) is 36.2 Å². The van der Waals surface area contributed by atoms with E-state index in [-0.39, 0.29) is 5.82 Å². The van der Waals surface area contributed by atoms with Crippen LogP contribution in [0.2, 0.25) is 0 Å². The van der Waals surface area contributed by atoms with Crippen molar-refractivity contribution in [3.8, 4) is 16.9 Å². The molecule has 0 unspecified atom stereocenters. The lowest BCUT2D eigenvalue weighted by atomic mass is 9.97. The van der Waals surface area contributed by atoms with Crippen molar-refractivity contribution in [2.45, 2.75) is 45.6 Å². The minimum absolute atomic E-state index is 0.301. The number of hydrogen-bond acceptors (Lipinski definition) is 7. The van der Waals surface area contributed by atoms with Gasteiger partial charge in [-0.2, -0.15) is 5.10 Å². The van der Waals surface area contributed by atoms with Gasteiger partial charge in [0, 0.05) is 48.9 Å². The Morgan fingerprint density at radius 2 is 2.00 bits per heavy atom. The van der Waals surface area contributed by atoms with Crippen LogP contribution in [0, 0.1) is 12.7 Å². The third-order valence-electron chi connectivity index (χ3n) is 7.13. The van der Waals surface area contributed by atoms with E-state index in [4.69, 9.17) is 14.8 Å². The van der Waals surface area contributed by atoms with E-state index in [2.05, 4.69) is 19.9 Å². The number of benzene rings is 1. The van der Waals surface area contributed by atoms with Crippen LogP contribution in [-0.2, 0) is 24.1 Å². The molecule has 1 aromatic carbocycles. The van der Waals surface area contributed by atoms with Gasteiger partial charge in [0.1, 0.15) is 11.6 Å². The Morgan fingerprint density at radius 1 is 1.14 bits per heavy atom. The molecule has 0 radical (unpaired) electrons. The van der Waals surface area contributed by atoms with E-state index in [1.807, 2.05) is 24.6 Å². The number of aromatic nitrogens is 5. The molecule has 3 aromatic heterocycles. The second-order valence-electron chi connectivity index (χ2n) is 9.76. The Morgan fingerprint density at radius 3 is 2.81 bits per heavy atom. The number of nitrogens with one attached hydrogen (secondary N) is 1. The van der Waals surface area contributed by atoms with Crippen LogP contribution in [-0.4, -0.2) is 62.1 Å². The van der Waals surface area contributed by atoms with Crippen LogP contribution in [0.4, 0.5) is 15.3 Å². The second-order valence-corrected chi connectivity index (χ2v) is 10.6. The minimum atomic E-state index is -0.301. The number of anilines is 2. The molecule has 6 rings (SSSR count). The molecule has 10 heteroatoms. The van der Waals surface area contributed by atoms with Gasteiger partial charge >= 0.3 is 0 Å². The third kappa shape index (κ3) is 5.32. The molecule has 1 N–H and O–H groups in total. The molecule has 37 heavy (non-hydrogen) atoms. The fraction of sp³-hybridized carbons (Fsp3) is 0.444. The summed E-state index contributed by atoms with van der Waals surface area (Å²) in [6, 6.07) is 5.23. The number of morpholine rings is 1. The van der Waals surface area contributed by atoms with Crippen molar-refractivity contribution in [3.63, 3.8) is 0 Å². The van der Waals surface area contributed by atoms with Gasteiger partial charge in [-0.05, 0) is 51.2 Å². The van der Waals surface area contributed by atoms with Crippen molar-refractivity contribution < 1.29 is 9.13 Å². The summed E-state index contributed by atoms with van der Waals surface area (Å²) in [5.41, 5.74) is 5.37. The molecule has 4 heterocycles. The molecule has 1 fully saturated rings. The summed E-state index contributed by atoms with van der Waals surface area (Å²) >= 11 is 1.54. The Bertz CT molecular complexity index is 1370. The Kier molecular flexibility index (Phi) is 7.04. The third-order valence-corrected chi connectivity index (χ3v) is 7.89. The van der Waals surface area contributed by atoms with E-state index in [1.165, 1.54) is 35.4 Å². The van der Waals surface area contributed by atoms with Crippen molar-refractivity contribution in [1.82, 2.24) is 29.2 Å². The predicted molar refractivity (Wildman–Crippen MR) is 143 cm³/mol. The smallest absolute Gasteiger partial charge is 0.188 e. The molecular weight excluding hydrogens is 489 g/mol. The van der Waals surface area contributed by atoms with E-state index < -0.39 is 0 Å². The standard InChI is InChI=1S/C27H32FN7OS/c1-19-16-34(18-29-19)25-8-7-20(15-22(25)28)24-17-37-27(30-24)31-26-21-5-2-3-6-23(21)32-35(26)10-4-9-33-11-13-36-14-12-33/h7-8,15-18H,2-6,9-14H2,1H3,(H,30,31). The summed E-state index contributed by atoms with van der Waals surface area (Å²) in [4.78, 5) is 11.5. The number of nitrogens with zero attached hydrogens (tertiary/aromatic N) is 6. The zero-order valence-electron chi connectivity index (χ0n) is 21.1. The fourth-order valence-corrected chi connectivity index (χ4v) is 5.89. The summed E-state index contributed by atoms with van der Waals surface area (Å²) in [5.74, 6) is 0.763. The predicted octanol–water partition coefficient (Wildman–Crippen LogP) is 4.98. The molecule has 1 aliphatic carbocycles. The van der Waals surface area contributed by atoms with E-state index in [1.54, 1.807) is 23.0 Å². The number of imidazole rings is 1. The summed E-state index contributed by atoms with van der Waals surface area (Å²) in [5, 5.41) is 11.3. The maximum atomic E-state index is 14.9. The molecule has 194 valence electrons. The summed E-state index contributed by atoms with van der Waals surface area (Å²) in [6.45, 7) is 7.47. The quantitative estimate of drug-likeness (QED) is 0.352. The van der Waals surface area contributed by atoms with Crippen LogP contribution < -0.4 is 5.32 Å². The molecule has 0 amide bonds. The minimum Gasteiger partial charge on any atom is -0.379 e. The molecule has 8 nitrogen and oxygen atoms in total. The van der Waals surface area contributed by atoms with Crippen LogP contribution in [0.3, 0.4) is 0 Å². The fourth-order valence-electron chi connectivity index (χ4n) is 5.17. The highest BCUT2D eigenvalue weighted by atomic mass is 32.1. The number of ether oxygens (including phenoxy) is 1. The number of aryl methyl sites for hydroxylation is 3. The lowest BCUT2D eigenvalue weighted by Crippen LogP contribution is -2.37. The van der Waals surface area contributed by atoms with Gasteiger partial charge in [0.25, 0.3) is 0 Å². The first-order chi connectivity index (χ1) is 18.1. The first-order valence-electron chi connectivity index (χ1n) is 13.1. The Hall–Kier alpha value is -3.08. The lowest BCUT2D eigenvalue weighted by Gasteiger charge is -2.26. The molecule has 1 saturated heterocycles. The molecule has 0 atom stereocenters. The molecule has 1 aliphatic heterocycles. The molecule has 2 aliphatic rings. The first-order valence-corrected chi connectivity index (χ1v) is 13.9. The molecule has 0 bridgehead atoms. The molecular formula is C27H32FN7OS. The average molecular weight is 522 g/mol. The van der Waals surface area contributed by atoms with Crippen molar-refractivity contribution in [3.05, 3.63) is 58.9 Å². The highest BCUT2D eigenvalue weighted by molar-refractivity contribution is 7.14. The average Bonchev–Trinajstić information content (AvgIpc) is 3.64. The van der Waals surface area contributed by atoms with Crippen molar-refractivity contribution >= 4 is 22.3 Å².